The number of amides is 1. The maximum absolute atomic E-state index is 12.6. The van der Waals surface area contributed by atoms with Crippen LogP contribution in [0.2, 0.25) is 5.02 Å². The molecule has 1 amide bonds. The average Bonchev–Trinajstić information content (AvgIpc) is 2.58. The lowest BCUT2D eigenvalue weighted by Crippen LogP contribution is -2.26. The third-order valence-electron chi connectivity index (χ3n) is 3.45. The van der Waals surface area contributed by atoms with Crippen LogP contribution < -0.4 is 4.74 Å². The Morgan fingerprint density at radius 1 is 1.20 bits per heavy atom. The maximum Gasteiger partial charge on any atom is 0.416 e. The largest absolute Gasteiger partial charge is 0.487 e. The highest BCUT2D eigenvalue weighted by molar-refractivity contribution is 6.32. The monoisotopic (exact) mass is 373 g/mol. The number of nitrogens with zero attached hydrogens (tertiary/aromatic N) is 1. The van der Waals surface area contributed by atoms with Crippen molar-refractivity contribution in [1.29, 1.82) is 0 Å². The Morgan fingerprint density at radius 2 is 1.88 bits per heavy atom. The van der Waals surface area contributed by atoms with Crippen molar-refractivity contribution in [2.24, 2.45) is 0 Å². The Kier molecular flexibility index (Phi) is 5.92. The molecule has 134 valence electrons. The summed E-state index contributed by atoms with van der Waals surface area (Å²) in [6.45, 7) is -0.0372. The van der Waals surface area contributed by atoms with Crippen molar-refractivity contribution >= 4 is 17.5 Å². The van der Waals surface area contributed by atoms with E-state index in [9.17, 15) is 18.0 Å². The van der Waals surface area contributed by atoms with Gasteiger partial charge in [0.2, 0.25) is 0 Å². The zero-order valence-electron chi connectivity index (χ0n) is 13.4. The summed E-state index contributed by atoms with van der Waals surface area (Å²) in [5.41, 5.74) is 0.0457. The van der Waals surface area contributed by atoms with E-state index < -0.39 is 11.7 Å². The minimum atomic E-state index is -4.48. The Balaban J connectivity index is 2.19. The molecule has 25 heavy (non-hydrogen) atoms. The molecule has 0 N–H and O–H groups in total. The van der Waals surface area contributed by atoms with Crippen LogP contribution >= 0.6 is 11.6 Å². The fraction of sp³-hybridized carbons (Fsp3) is 0.235. The molecule has 0 fully saturated rings. The highest BCUT2D eigenvalue weighted by atomic mass is 35.5. The van der Waals surface area contributed by atoms with E-state index in [1.165, 1.54) is 14.2 Å². The summed E-state index contributed by atoms with van der Waals surface area (Å²) in [5, 5.41) is 0.900. The first kappa shape index (κ1) is 19.1. The van der Waals surface area contributed by atoms with E-state index >= 15 is 0 Å². The molecule has 0 aliphatic rings. The predicted octanol–water partition coefficient (Wildman–Crippen LogP) is 4.57. The van der Waals surface area contributed by atoms with Gasteiger partial charge in [-0.3, -0.25) is 9.63 Å². The summed E-state index contributed by atoms with van der Waals surface area (Å²) in [6.07, 6.45) is -4.48. The van der Waals surface area contributed by atoms with Crippen LogP contribution in [0.15, 0.2) is 42.5 Å². The van der Waals surface area contributed by atoms with Gasteiger partial charge >= 0.3 is 6.18 Å². The predicted molar refractivity (Wildman–Crippen MR) is 86.3 cm³/mol. The summed E-state index contributed by atoms with van der Waals surface area (Å²) in [4.78, 5) is 17.1. The van der Waals surface area contributed by atoms with Gasteiger partial charge in [-0.05, 0) is 24.3 Å². The zero-order chi connectivity index (χ0) is 18.6. The number of ether oxygens (including phenoxy) is 1. The quantitative estimate of drug-likeness (QED) is 0.720. The second-order valence-corrected chi connectivity index (χ2v) is 5.48. The first-order valence-corrected chi connectivity index (χ1v) is 7.51. The minimum Gasteiger partial charge on any atom is -0.487 e. The average molecular weight is 374 g/mol. The molecule has 2 aromatic rings. The molecule has 8 heteroatoms. The summed E-state index contributed by atoms with van der Waals surface area (Å²) >= 11 is 5.86. The molecule has 0 aliphatic carbocycles. The highest BCUT2D eigenvalue weighted by Gasteiger charge is 2.31. The fourth-order valence-corrected chi connectivity index (χ4v) is 2.29. The Morgan fingerprint density at radius 3 is 2.48 bits per heavy atom. The molecule has 0 bridgehead atoms. The first-order valence-electron chi connectivity index (χ1n) is 7.13. The van der Waals surface area contributed by atoms with Crippen molar-refractivity contribution in [1.82, 2.24) is 5.06 Å². The van der Waals surface area contributed by atoms with E-state index in [2.05, 4.69) is 0 Å². The van der Waals surface area contributed by atoms with Gasteiger partial charge in [0, 0.05) is 18.2 Å². The molecule has 0 spiro atoms. The van der Waals surface area contributed by atoms with E-state index in [-0.39, 0.29) is 23.3 Å². The molecule has 0 unspecified atom stereocenters. The number of carbonyl (C=O) groups excluding carboxylic acids is 1. The number of alkyl halides is 3. The van der Waals surface area contributed by atoms with Gasteiger partial charge in [0.1, 0.15) is 12.4 Å². The van der Waals surface area contributed by atoms with E-state index in [4.69, 9.17) is 21.2 Å². The Labute approximate surface area is 147 Å². The third-order valence-corrected chi connectivity index (χ3v) is 3.75. The van der Waals surface area contributed by atoms with Crippen LogP contribution in [0.25, 0.3) is 0 Å². The number of rotatable bonds is 5. The molecule has 0 saturated carbocycles. The van der Waals surface area contributed by atoms with E-state index in [1.54, 1.807) is 24.3 Å². The van der Waals surface area contributed by atoms with Crippen molar-refractivity contribution in [2.45, 2.75) is 12.8 Å². The Hall–Kier alpha value is -2.25. The lowest BCUT2D eigenvalue weighted by atomic mass is 10.1. The molecule has 0 radical (unpaired) electrons. The van der Waals surface area contributed by atoms with Crippen LogP contribution in [0.3, 0.4) is 0 Å². The van der Waals surface area contributed by atoms with Crippen LogP contribution in [0, 0.1) is 0 Å². The van der Waals surface area contributed by atoms with Crippen LogP contribution in [-0.4, -0.2) is 25.1 Å². The standard InChI is InChI=1S/C17H15ClF3NO3/c1-22(24-2)16(23)13-6-4-3-5-11(13)10-25-15-8-7-12(9-14(15)18)17(19,20)21/h3-9H,10H2,1-2H3. The smallest absolute Gasteiger partial charge is 0.416 e. The van der Waals surface area contributed by atoms with Crippen molar-refractivity contribution in [3.8, 4) is 5.75 Å². The topological polar surface area (TPSA) is 38.8 Å². The van der Waals surface area contributed by atoms with E-state index in [1.807, 2.05) is 0 Å². The van der Waals surface area contributed by atoms with Gasteiger partial charge in [-0.25, -0.2) is 5.06 Å². The normalized spacial score (nSPS) is 11.3. The number of hydrogen-bond donors (Lipinski definition) is 0. The fourth-order valence-electron chi connectivity index (χ4n) is 2.06. The van der Waals surface area contributed by atoms with E-state index in [0.29, 0.717) is 11.1 Å². The van der Waals surface area contributed by atoms with Crippen LogP contribution in [0.4, 0.5) is 13.2 Å². The molecule has 4 nitrogen and oxygen atoms in total. The molecule has 0 aliphatic heterocycles. The highest BCUT2D eigenvalue weighted by Crippen LogP contribution is 2.35. The van der Waals surface area contributed by atoms with Crippen molar-refractivity contribution in [3.05, 3.63) is 64.2 Å². The van der Waals surface area contributed by atoms with Crippen LogP contribution in [0.1, 0.15) is 21.5 Å². The summed E-state index contributed by atoms with van der Waals surface area (Å²) in [6, 6.07) is 9.52. The number of benzene rings is 2. The molecule has 0 heterocycles. The third kappa shape index (κ3) is 4.64. The summed E-state index contributed by atoms with van der Waals surface area (Å²) < 4.78 is 43.4. The van der Waals surface area contributed by atoms with Gasteiger partial charge in [-0.1, -0.05) is 29.8 Å². The first-order chi connectivity index (χ1) is 11.7. The van der Waals surface area contributed by atoms with Gasteiger partial charge in [0.25, 0.3) is 5.91 Å². The zero-order valence-corrected chi connectivity index (χ0v) is 14.2. The van der Waals surface area contributed by atoms with E-state index in [0.717, 1.165) is 23.3 Å². The lowest BCUT2D eigenvalue weighted by molar-refractivity contribution is -0.137. The second kappa shape index (κ2) is 7.76. The number of hydroxylamine groups is 2. The van der Waals surface area contributed by atoms with Crippen molar-refractivity contribution in [2.75, 3.05) is 14.2 Å². The molecule has 2 aromatic carbocycles. The molecular weight excluding hydrogens is 359 g/mol. The molecular formula is C17H15ClF3NO3. The van der Waals surface area contributed by atoms with Crippen LogP contribution in [0.5, 0.6) is 5.75 Å². The molecule has 0 saturated heterocycles. The van der Waals surface area contributed by atoms with Crippen molar-refractivity contribution < 1.29 is 27.5 Å². The SMILES string of the molecule is CON(C)C(=O)c1ccccc1COc1ccc(C(F)(F)F)cc1Cl. The minimum absolute atomic E-state index is 0.0372. The lowest BCUT2D eigenvalue weighted by Gasteiger charge is -2.17. The summed E-state index contributed by atoms with van der Waals surface area (Å²) in [7, 11) is 2.83. The number of hydrogen-bond acceptors (Lipinski definition) is 3. The van der Waals surface area contributed by atoms with Crippen molar-refractivity contribution in [3.63, 3.8) is 0 Å². The molecule has 0 atom stereocenters. The van der Waals surface area contributed by atoms with Gasteiger partial charge in [0.15, 0.2) is 0 Å². The molecule has 0 aromatic heterocycles. The van der Waals surface area contributed by atoms with Gasteiger partial charge in [0.05, 0.1) is 17.7 Å². The second-order valence-electron chi connectivity index (χ2n) is 5.07. The molecule has 2 rings (SSSR count). The number of carbonyl (C=O) groups is 1. The van der Waals surface area contributed by atoms with Gasteiger partial charge in [-0.2, -0.15) is 13.2 Å². The van der Waals surface area contributed by atoms with Crippen LogP contribution in [-0.2, 0) is 17.6 Å². The Bertz CT molecular complexity index is 765. The number of halogens is 4. The van der Waals surface area contributed by atoms with Gasteiger partial charge < -0.3 is 4.74 Å². The van der Waals surface area contributed by atoms with Gasteiger partial charge in [-0.15, -0.1) is 0 Å². The summed E-state index contributed by atoms with van der Waals surface area (Å²) in [5.74, 6) is -0.280. The maximum atomic E-state index is 12.6.